The van der Waals surface area contributed by atoms with E-state index in [0.717, 1.165) is 17.0 Å². The van der Waals surface area contributed by atoms with Crippen molar-refractivity contribution < 1.29 is 36.6 Å². The van der Waals surface area contributed by atoms with E-state index >= 15 is 0 Å². The number of hydrogen-bond donors (Lipinski definition) is 1. The van der Waals surface area contributed by atoms with E-state index < -0.39 is 37.1 Å². The van der Waals surface area contributed by atoms with E-state index in [1.54, 1.807) is 0 Å². The second kappa shape index (κ2) is 8.63. The number of benzene rings is 1. The molecule has 1 heterocycles. The van der Waals surface area contributed by atoms with Gasteiger partial charge in [0.1, 0.15) is 0 Å². The second-order valence-electron chi connectivity index (χ2n) is 5.97. The van der Waals surface area contributed by atoms with Crippen LogP contribution in [0.15, 0.2) is 24.3 Å². The normalized spacial score (nSPS) is 19.2. The molecule has 1 unspecified atom stereocenters. The number of nitrogens with zero attached hydrogens (tertiary/aromatic N) is 2. The molecule has 0 aliphatic carbocycles. The lowest BCUT2D eigenvalue weighted by Gasteiger charge is -2.39. The van der Waals surface area contributed by atoms with Crippen molar-refractivity contribution >= 4 is 6.09 Å². The molecule has 1 saturated heterocycles. The van der Waals surface area contributed by atoms with Crippen LogP contribution in [-0.4, -0.2) is 66.4 Å². The van der Waals surface area contributed by atoms with Gasteiger partial charge >= 0.3 is 18.9 Å². The average Bonchev–Trinajstić information content (AvgIpc) is 2.57. The SMILES string of the molecule is O=C(O)N1CCN(CCc2ccc(C(F)(F)F)cc2)CC1COC(F)F. The van der Waals surface area contributed by atoms with Crippen LogP contribution in [0, 0.1) is 0 Å². The van der Waals surface area contributed by atoms with E-state index in [1.807, 2.05) is 4.90 Å². The summed E-state index contributed by atoms with van der Waals surface area (Å²) in [5, 5.41) is 9.13. The summed E-state index contributed by atoms with van der Waals surface area (Å²) < 4.78 is 66.3. The van der Waals surface area contributed by atoms with Gasteiger partial charge in [-0.3, -0.25) is 4.90 Å². The van der Waals surface area contributed by atoms with Crippen LogP contribution in [0.5, 0.6) is 0 Å². The number of carboxylic acid groups (broad SMARTS) is 1. The molecule has 0 bridgehead atoms. The van der Waals surface area contributed by atoms with Gasteiger partial charge in [0.2, 0.25) is 0 Å². The molecule has 1 fully saturated rings. The summed E-state index contributed by atoms with van der Waals surface area (Å²) in [5.41, 5.74) is -0.0143. The summed E-state index contributed by atoms with van der Waals surface area (Å²) in [5.74, 6) is 0. The highest BCUT2D eigenvalue weighted by molar-refractivity contribution is 5.65. The predicted molar refractivity (Wildman–Crippen MR) is 82.1 cm³/mol. The van der Waals surface area contributed by atoms with Crippen molar-refractivity contribution in [2.45, 2.75) is 25.3 Å². The van der Waals surface area contributed by atoms with Crippen molar-refractivity contribution in [3.05, 3.63) is 35.4 Å². The van der Waals surface area contributed by atoms with Crippen LogP contribution in [0.1, 0.15) is 11.1 Å². The zero-order chi connectivity index (χ0) is 19.3. The van der Waals surface area contributed by atoms with Gasteiger partial charge in [0.15, 0.2) is 0 Å². The first kappa shape index (κ1) is 20.4. The summed E-state index contributed by atoms with van der Waals surface area (Å²) in [6, 6.07) is 4.10. The molecule has 1 atom stereocenters. The number of halogens is 5. The van der Waals surface area contributed by atoms with Crippen molar-refractivity contribution in [2.24, 2.45) is 0 Å². The molecule has 0 spiro atoms. The molecule has 10 heteroatoms. The van der Waals surface area contributed by atoms with Crippen molar-refractivity contribution in [1.29, 1.82) is 0 Å². The van der Waals surface area contributed by atoms with Crippen molar-refractivity contribution in [3.63, 3.8) is 0 Å². The molecule has 1 N–H and O–H groups in total. The summed E-state index contributed by atoms with van der Waals surface area (Å²) in [4.78, 5) is 14.1. The highest BCUT2D eigenvalue weighted by Crippen LogP contribution is 2.29. The molecule has 1 aromatic carbocycles. The lowest BCUT2D eigenvalue weighted by molar-refractivity contribution is -0.144. The first-order valence-corrected chi connectivity index (χ1v) is 7.94. The zero-order valence-electron chi connectivity index (χ0n) is 13.8. The fourth-order valence-corrected chi connectivity index (χ4v) is 2.85. The minimum atomic E-state index is -4.39. The van der Waals surface area contributed by atoms with Gasteiger partial charge in [-0.05, 0) is 24.1 Å². The third-order valence-corrected chi connectivity index (χ3v) is 4.23. The number of alkyl halides is 5. The number of hydrogen-bond acceptors (Lipinski definition) is 3. The molecule has 1 aromatic rings. The molecule has 146 valence electrons. The van der Waals surface area contributed by atoms with E-state index in [1.165, 1.54) is 12.1 Å². The fourth-order valence-electron chi connectivity index (χ4n) is 2.85. The van der Waals surface area contributed by atoms with E-state index in [0.29, 0.717) is 25.1 Å². The van der Waals surface area contributed by atoms with Crippen LogP contribution >= 0.6 is 0 Å². The maximum atomic E-state index is 12.5. The lowest BCUT2D eigenvalue weighted by Crippen LogP contribution is -2.56. The van der Waals surface area contributed by atoms with Crippen molar-refractivity contribution in [3.8, 4) is 0 Å². The molecule has 5 nitrogen and oxygen atoms in total. The first-order chi connectivity index (χ1) is 12.2. The molecule has 0 aromatic heterocycles. The number of amides is 1. The summed E-state index contributed by atoms with van der Waals surface area (Å²) >= 11 is 0. The largest absolute Gasteiger partial charge is 0.465 e. The van der Waals surface area contributed by atoms with E-state index in [2.05, 4.69) is 4.74 Å². The third-order valence-electron chi connectivity index (χ3n) is 4.23. The Kier molecular flexibility index (Phi) is 6.76. The van der Waals surface area contributed by atoms with Crippen molar-refractivity contribution in [2.75, 3.05) is 32.8 Å². The van der Waals surface area contributed by atoms with Gasteiger partial charge in [-0.25, -0.2) is 4.79 Å². The van der Waals surface area contributed by atoms with Gasteiger partial charge < -0.3 is 14.7 Å². The van der Waals surface area contributed by atoms with E-state index in [-0.39, 0.29) is 13.1 Å². The fraction of sp³-hybridized carbons (Fsp3) is 0.562. The van der Waals surface area contributed by atoms with Gasteiger partial charge in [0, 0.05) is 26.2 Å². The van der Waals surface area contributed by atoms with Crippen LogP contribution in [0.3, 0.4) is 0 Å². The summed E-state index contributed by atoms with van der Waals surface area (Å²) in [7, 11) is 0. The number of rotatable bonds is 6. The van der Waals surface area contributed by atoms with Crippen LogP contribution in [0.4, 0.5) is 26.7 Å². The molecular formula is C16H19F5N2O3. The number of carbonyl (C=O) groups is 1. The Labute approximate surface area is 146 Å². The molecule has 26 heavy (non-hydrogen) atoms. The average molecular weight is 382 g/mol. The maximum absolute atomic E-state index is 12.5. The van der Waals surface area contributed by atoms with Crippen LogP contribution < -0.4 is 0 Å². The third kappa shape index (κ3) is 5.80. The highest BCUT2D eigenvalue weighted by atomic mass is 19.4. The topological polar surface area (TPSA) is 53.0 Å². The van der Waals surface area contributed by atoms with Gasteiger partial charge in [0.05, 0.1) is 18.2 Å². The Morgan fingerprint density at radius 2 is 1.88 bits per heavy atom. The quantitative estimate of drug-likeness (QED) is 0.768. The molecule has 0 radical (unpaired) electrons. The Morgan fingerprint density at radius 3 is 2.42 bits per heavy atom. The maximum Gasteiger partial charge on any atom is 0.416 e. The molecule has 0 saturated carbocycles. The highest BCUT2D eigenvalue weighted by Gasteiger charge is 2.31. The molecule has 1 aliphatic heterocycles. The van der Waals surface area contributed by atoms with Crippen molar-refractivity contribution in [1.82, 2.24) is 9.80 Å². The monoisotopic (exact) mass is 382 g/mol. The van der Waals surface area contributed by atoms with Gasteiger partial charge in [-0.2, -0.15) is 22.0 Å². The Bertz CT molecular complexity index is 595. The predicted octanol–water partition coefficient (Wildman–Crippen LogP) is 3.15. The smallest absolute Gasteiger partial charge is 0.416 e. The standard InChI is InChI=1S/C16H19F5N2O3/c17-14(18)26-10-13-9-22(7-8-23(13)15(24)25)6-5-11-1-3-12(4-2-11)16(19,20)21/h1-4,13-14H,5-10H2,(H,24,25). The second-order valence-corrected chi connectivity index (χ2v) is 5.97. The van der Waals surface area contributed by atoms with Gasteiger partial charge in [-0.1, -0.05) is 12.1 Å². The molecule has 1 aliphatic rings. The number of piperazine rings is 1. The minimum absolute atomic E-state index is 0.152. The zero-order valence-corrected chi connectivity index (χ0v) is 13.8. The first-order valence-electron chi connectivity index (χ1n) is 7.94. The number of ether oxygens (including phenoxy) is 1. The van der Waals surface area contributed by atoms with Crippen LogP contribution in [-0.2, 0) is 17.3 Å². The summed E-state index contributed by atoms with van der Waals surface area (Å²) in [6.07, 6.45) is -5.12. The lowest BCUT2D eigenvalue weighted by atomic mass is 10.1. The van der Waals surface area contributed by atoms with Crippen LogP contribution in [0.2, 0.25) is 0 Å². The Morgan fingerprint density at radius 1 is 1.23 bits per heavy atom. The Hall–Kier alpha value is -1.94. The summed E-state index contributed by atoms with van der Waals surface area (Å²) in [6.45, 7) is -2.13. The van der Waals surface area contributed by atoms with Gasteiger partial charge in [0.25, 0.3) is 0 Å². The molecule has 1 amide bonds. The molecule has 2 rings (SSSR count). The molecular weight excluding hydrogens is 363 g/mol. The van der Waals surface area contributed by atoms with E-state index in [4.69, 9.17) is 5.11 Å². The van der Waals surface area contributed by atoms with Gasteiger partial charge in [-0.15, -0.1) is 0 Å². The van der Waals surface area contributed by atoms with E-state index in [9.17, 15) is 26.7 Å². The Balaban J connectivity index is 1.90. The van der Waals surface area contributed by atoms with Crippen LogP contribution in [0.25, 0.3) is 0 Å². The minimum Gasteiger partial charge on any atom is -0.465 e.